The molecule has 1 aromatic heterocycles. The molecule has 7 nitrogen and oxygen atoms in total. The molecular formula is C15H16BrN3O4S. The number of carbonyl (C=O) groups is 1. The van der Waals surface area contributed by atoms with Crippen LogP contribution in [0.2, 0.25) is 0 Å². The fourth-order valence-corrected chi connectivity index (χ4v) is 3.26. The lowest BCUT2D eigenvalue weighted by Crippen LogP contribution is -1.99. The normalized spacial score (nSPS) is 11.4. The van der Waals surface area contributed by atoms with Crippen LogP contribution in [0.3, 0.4) is 0 Å². The van der Waals surface area contributed by atoms with Crippen LogP contribution in [-0.4, -0.2) is 40.0 Å². The van der Waals surface area contributed by atoms with Crippen LogP contribution in [0.15, 0.2) is 26.7 Å². The minimum Gasteiger partial charge on any atom is -0.492 e. The molecule has 0 aliphatic carbocycles. The Bertz CT molecular complexity index is 776. The first kappa shape index (κ1) is 18.3. The van der Waals surface area contributed by atoms with Crippen LogP contribution >= 0.6 is 27.7 Å². The molecule has 0 aliphatic heterocycles. The monoisotopic (exact) mass is 413 g/mol. The molecular weight excluding hydrogens is 398 g/mol. The molecule has 0 amide bonds. The second-order valence-corrected chi connectivity index (χ2v) is 6.45. The largest absolute Gasteiger partial charge is 0.492 e. The van der Waals surface area contributed by atoms with E-state index in [1.807, 2.05) is 6.92 Å². The molecule has 24 heavy (non-hydrogen) atoms. The molecule has 0 saturated carbocycles. The minimum absolute atomic E-state index is 0.0912. The molecule has 2 aromatic rings. The van der Waals surface area contributed by atoms with Crippen LogP contribution in [0.5, 0.6) is 11.5 Å². The molecule has 0 bridgehead atoms. The molecule has 0 fully saturated rings. The first-order valence-electron chi connectivity index (χ1n) is 6.96. The number of benzene rings is 1. The third-order valence-corrected chi connectivity index (χ3v) is 4.29. The van der Waals surface area contributed by atoms with E-state index in [0.717, 1.165) is 11.8 Å². The van der Waals surface area contributed by atoms with Crippen LogP contribution in [0.25, 0.3) is 6.08 Å². The zero-order valence-electron chi connectivity index (χ0n) is 13.3. The van der Waals surface area contributed by atoms with Gasteiger partial charge in [0.1, 0.15) is 10.7 Å². The van der Waals surface area contributed by atoms with Gasteiger partial charge in [-0.1, -0.05) is 0 Å². The van der Waals surface area contributed by atoms with E-state index in [0.29, 0.717) is 39.1 Å². The summed E-state index contributed by atoms with van der Waals surface area (Å²) in [7, 11) is 1.54. The van der Waals surface area contributed by atoms with Crippen LogP contribution in [0.4, 0.5) is 0 Å². The summed E-state index contributed by atoms with van der Waals surface area (Å²) in [6, 6.07) is 3.48. The van der Waals surface area contributed by atoms with E-state index >= 15 is 0 Å². The van der Waals surface area contributed by atoms with Gasteiger partial charge in [0.25, 0.3) is 0 Å². The van der Waals surface area contributed by atoms with Gasteiger partial charge >= 0.3 is 5.97 Å². The molecule has 0 saturated heterocycles. The number of nitrogens with zero attached hydrogens (tertiary/aromatic N) is 2. The van der Waals surface area contributed by atoms with Gasteiger partial charge in [-0.25, -0.2) is 9.78 Å². The summed E-state index contributed by atoms with van der Waals surface area (Å²) >= 11 is 4.38. The number of nitrogens with one attached hydrogen (secondary N) is 1. The number of hydrogen-bond donors (Lipinski definition) is 2. The van der Waals surface area contributed by atoms with E-state index in [-0.39, 0.29) is 4.91 Å². The predicted molar refractivity (Wildman–Crippen MR) is 94.5 cm³/mol. The molecule has 1 heterocycles. The zero-order valence-corrected chi connectivity index (χ0v) is 15.7. The van der Waals surface area contributed by atoms with Gasteiger partial charge < -0.3 is 14.6 Å². The second-order valence-electron chi connectivity index (χ2n) is 4.59. The highest BCUT2D eigenvalue weighted by Crippen LogP contribution is 2.38. The number of aryl methyl sites for hydroxylation is 1. The second kappa shape index (κ2) is 8.20. The SMILES string of the molecule is CCOc1cc(/C=C(/Sc2n[nH]c(C)n2)C(=O)O)cc(Br)c1OC. The highest BCUT2D eigenvalue weighted by Gasteiger charge is 2.15. The smallest absolute Gasteiger partial charge is 0.342 e. The fourth-order valence-electron chi connectivity index (χ4n) is 1.88. The van der Waals surface area contributed by atoms with E-state index in [4.69, 9.17) is 9.47 Å². The fraction of sp³-hybridized carbons (Fsp3) is 0.267. The van der Waals surface area contributed by atoms with E-state index in [2.05, 4.69) is 31.1 Å². The summed E-state index contributed by atoms with van der Waals surface area (Å²) in [5, 5.41) is 16.4. The van der Waals surface area contributed by atoms with Crippen molar-refractivity contribution in [3.8, 4) is 11.5 Å². The first-order valence-corrected chi connectivity index (χ1v) is 8.57. The number of ether oxygens (including phenoxy) is 2. The lowest BCUT2D eigenvalue weighted by molar-refractivity contribution is -0.131. The van der Waals surface area contributed by atoms with Gasteiger partial charge in [-0.15, -0.1) is 5.10 Å². The van der Waals surface area contributed by atoms with Gasteiger partial charge in [0.2, 0.25) is 5.16 Å². The number of rotatable bonds is 7. The zero-order chi connectivity index (χ0) is 17.7. The van der Waals surface area contributed by atoms with Crippen LogP contribution in [0.1, 0.15) is 18.3 Å². The summed E-state index contributed by atoms with van der Waals surface area (Å²) in [6.45, 7) is 4.07. The molecule has 128 valence electrons. The Balaban J connectivity index is 2.39. The van der Waals surface area contributed by atoms with Crippen molar-refractivity contribution in [2.24, 2.45) is 0 Å². The topological polar surface area (TPSA) is 97.3 Å². The number of methoxy groups -OCH3 is 1. The maximum atomic E-state index is 11.5. The Morgan fingerprint density at radius 3 is 2.79 bits per heavy atom. The quantitative estimate of drug-likeness (QED) is 0.529. The Labute approximate surface area is 151 Å². The van der Waals surface area contributed by atoms with Gasteiger partial charge in [0.05, 0.1) is 18.2 Å². The summed E-state index contributed by atoms with van der Waals surface area (Å²) < 4.78 is 11.5. The standard InChI is InChI=1S/C15H16BrN3O4S/c1-4-23-11-6-9(5-10(16)13(11)22-3)7-12(14(20)21)24-15-17-8(2)18-19-15/h5-7H,4H2,1-3H3,(H,20,21)(H,17,18,19)/b12-7+. The Morgan fingerprint density at radius 2 is 2.25 bits per heavy atom. The number of aromatic amines is 1. The number of aromatic nitrogens is 3. The lowest BCUT2D eigenvalue weighted by Gasteiger charge is -2.12. The lowest BCUT2D eigenvalue weighted by atomic mass is 10.2. The van der Waals surface area contributed by atoms with Crippen molar-refractivity contribution < 1.29 is 19.4 Å². The molecule has 0 radical (unpaired) electrons. The van der Waals surface area contributed by atoms with Crippen LogP contribution in [0, 0.1) is 6.92 Å². The number of hydrogen-bond acceptors (Lipinski definition) is 6. The van der Waals surface area contributed by atoms with Crippen molar-refractivity contribution in [3.05, 3.63) is 32.9 Å². The van der Waals surface area contributed by atoms with Gasteiger partial charge in [0, 0.05) is 0 Å². The average molecular weight is 414 g/mol. The minimum atomic E-state index is -1.06. The summed E-state index contributed by atoms with van der Waals surface area (Å²) in [6.07, 6.45) is 1.53. The van der Waals surface area contributed by atoms with E-state index in [1.54, 1.807) is 26.2 Å². The number of thioether (sulfide) groups is 1. The van der Waals surface area contributed by atoms with Gasteiger partial charge in [-0.3, -0.25) is 5.10 Å². The number of H-pyrrole nitrogens is 1. The number of aliphatic carboxylic acids is 1. The number of carboxylic acids is 1. The van der Waals surface area contributed by atoms with Crippen LogP contribution in [-0.2, 0) is 4.79 Å². The van der Waals surface area contributed by atoms with Crippen LogP contribution < -0.4 is 9.47 Å². The van der Waals surface area contributed by atoms with Crippen molar-refractivity contribution in [3.63, 3.8) is 0 Å². The Hall–Kier alpha value is -2.00. The van der Waals surface area contributed by atoms with E-state index in [1.165, 1.54) is 6.08 Å². The van der Waals surface area contributed by atoms with E-state index in [9.17, 15) is 9.90 Å². The molecule has 2 rings (SSSR count). The van der Waals surface area contributed by atoms with Crippen molar-refractivity contribution in [2.75, 3.05) is 13.7 Å². The van der Waals surface area contributed by atoms with Gasteiger partial charge in [-0.05, 0) is 65.3 Å². The molecule has 1 aromatic carbocycles. The molecule has 0 atom stereocenters. The third kappa shape index (κ3) is 4.51. The summed E-state index contributed by atoms with van der Waals surface area (Å²) in [5.41, 5.74) is 0.656. The predicted octanol–water partition coefficient (Wildman–Crippen LogP) is 3.50. The molecule has 2 N–H and O–H groups in total. The Kier molecular flexibility index (Phi) is 6.27. The maximum Gasteiger partial charge on any atom is 0.342 e. The maximum absolute atomic E-state index is 11.5. The molecule has 9 heteroatoms. The molecule has 0 aliphatic rings. The third-order valence-electron chi connectivity index (χ3n) is 2.82. The summed E-state index contributed by atoms with van der Waals surface area (Å²) in [5.74, 6) is 0.646. The number of halogens is 1. The highest BCUT2D eigenvalue weighted by molar-refractivity contribution is 9.10. The van der Waals surface area contributed by atoms with Crippen molar-refractivity contribution >= 4 is 39.7 Å². The van der Waals surface area contributed by atoms with E-state index < -0.39 is 5.97 Å². The van der Waals surface area contributed by atoms with Gasteiger partial charge in [0.15, 0.2) is 11.5 Å². The molecule has 0 spiro atoms. The van der Waals surface area contributed by atoms with Crippen molar-refractivity contribution in [1.29, 1.82) is 0 Å². The first-order chi connectivity index (χ1) is 11.4. The molecule has 0 unspecified atom stereocenters. The van der Waals surface area contributed by atoms with Gasteiger partial charge in [-0.2, -0.15) is 0 Å². The van der Waals surface area contributed by atoms with Crippen molar-refractivity contribution in [1.82, 2.24) is 15.2 Å². The summed E-state index contributed by atoms with van der Waals surface area (Å²) in [4.78, 5) is 15.7. The highest BCUT2D eigenvalue weighted by atomic mass is 79.9. The average Bonchev–Trinajstić information content (AvgIpc) is 2.92. The Morgan fingerprint density at radius 1 is 1.50 bits per heavy atom. The van der Waals surface area contributed by atoms with Crippen molar-refractivity contribution in [2.45, 2.75) is 19.0 Å². The number of carboxylic acid groups (broad SMARTS) is 1.